The second-order valence-corrected chi connectivity index (χ2v) is 7.49. The molecule has 26 heavy (non-hydrogen) atoms. The van der Waals surface area contributed by atoms with Gasteiger partial charge in [-0.1, -0.05) is 30.3 Å². The van der Waals surface area contributed by atoms with Crippen molar-refractivity contribution in [2.75, 3.05) is 6.54 Å². The Bertz CT molecular complexity index is 710. The van der Waals surface area contributed by atoms with Crippen LogP contribution in [0.5, 0.6) is 0 Å². The van der Waals surface area contributed by atoms with E-state index in [1.54, 1.807) is 12.1 Å². The minimum absolute atomic E-state index is 0.0799. The van der Waals surface area contributed by atoms with Gasteiger partial charge in [0.1, 0.15) is 0 Å². The molecule has 1 heterocycles. The van der Waals surface area contributed by atoms with Crippen LogP contribution in [0.4, 0.5) is 0 Å². The first kappa shape index (κ1) is 20.2. The van der Waals surface area contributed by atoms with Crippen molar-refractivity contribution < 1.29 is 24.0 Å². The summed E-state index contributed by atoms with van der Waals surface area (Å²) in [6, 6.07) is 7.27. The zero-order valence-corrected chi connectivity index (χ0v) is 16.0. The van der Waals surface area contributed by atoms with E-state index in [0.29, 0.717) is 5.56 Å². The van der Waals surface area contributed by atoms with E-state index in [0.717, 1.165) is 11.0 Å². The molecule has 2 rings (SSSR count). The van der Waals surface area contributed by atoms with Crippen LogP contribution in [0.1, 0.15) is 45.7 Å². The zero-order valence-electron chi connectivity index (χ0n) is 16.0. The number of carbonyl (C=O) groups is 2. The van der Waals surface area contributed by atoms with Crippen molar-refractivity contribution in [2.45, 2.75) is 52.2 Å². The molecule has 0 bridgehead atoms. The quantitative estimate of drug-likeness (QED) is 0.763. The van der Waals surface area contributed by atoms with Crippen LogP contribution >= 0.6 is 0 Å². The number of nitrogens with one attached hydrogen (secondary N) is 1. The highest BCUT2D eigenvalue weighted by atomic mass is 16.7. The molecule has 0 saturated carbocycles. The molecule has 0 radical (unpaired) electrons. The smallest absolute Gasteiger partial charge is 0.481 e. The van der Waals surface area contributed by atoms with E-state index in [1.807, 2.05) is 45.9 Å². The minimum Gasteiger partial charge on any atom is -0.481 e. The number of aliphatic carboxylic acids is 1. The van der Waals surface area contributed by atoms with Gasteiger partial charge in [-0.05, 0) is 44.3 Å². The third kappa shape index (κ3) is 4.74. The highest BCUT2D eigenvalue weighted by Gasteiger charge is 2.52. The number of carboxylic acids is 1. The molecule has 0 aromatic heterocycles. The number of carboxylic acid groups (broad SMARTS) is 1. The molecular formula is C19H26BNO5. The second-order valence-electron chi connectivity index (χ2n) is 7.49. The van der Waals surface area contributed by atoms with Gasteiger partial charge in [0.15, 0.2) is 0 Å². The van der Waals surface area contributed by atoms with Gasteiger partial charge in [-0.3, -0.25) is 9.59 Å². The molecule has 140 valence electrons. The predicted molar refractivity (Wildman–Crippen MR) is 101 cm³/mol. The fraction of sp³-hybridized carbons (Fsp3) is 0.474. The molecule has 0 aliphatic carbocycles. The van der Waals surface area contributed by atoms with E-state index in [4.69, 9.17) is 14.4 Å². The number of hydrogen-bond donors (Lipinski definition) is 2. The van der Waals surface area contributed by atoms with Crippen molar-refractivity contribution in [2.24, 2.45) is 0 Å². The van der Waals surface area contributed by atoms with Gasteiger partial charge in [0, 0.05) is 13.5 Å². The molecule has 2 N–H and O–H groups in total. The topological polar surface area (TPSA) is 84.9 Å². The Morgan fingerprint density at radius 1 is 1.15 bits per heavy atom. The predicted octanol–water partition coefficient (Wildman–Crippen LogP) is 2.46. The van der Waals surface area contributed by atoms with Crippen LogP contribution in [0.3, 0.4) is 0 Å². The fourth-order valence-corrected chi connectivity index (χ4v) is 2.62. The Kier molecular flexibility index (Phi) is 5.93. The van der Waals surface area contributed by atoms with Crippen molar-refractivity contribution >= 4 is 25.1 Å². The number of rotatable bonds is 6. The lowest BCUT2D eigenvalue weighted by Gasteiger charge is -2.32. The lowest BCUT2D eigenvalue weighted by molar-refractivity contribution is -0.136. The SMILES string of the molecule is CC(=O)NCC(=Cc1ccccc1CC(=O)O)B1OC(C)(C)C(C)(C)O1. The molecule has 6 nitrogen and oxygen atoms in total. The molecule has 1 saturated heterocycles. The third-order valence-electron chi connectivity index (χ3n) is 4.84. The van der Waals surface area contributed by atoms with Gasteiger partial charge in [0.25, 0.3) is 0 Å². The first-order chi connectivity index (χ1) is 12.0. The van der Waals surface area contributed by atoms with E-state index < -0.39 is 24.3 Å². The summed E-state index contributed by atoms with van der Waals surface area (Å²) in [6.45, 7) is 9.54. The molecule has 1 aromatic rings. The van der Waals surface area contributed by atoms with Crippen molar-refractivity contribution in [1.82, 2.24) is 5.32 Å². The van der Waals surface area contributed by atoms with E-state index in [2.05, 4.69) is 5.32 Å². The normalized spacial score (nSPS) is 18.7. The Balaban J connectivity index is 2.38. The fourth-order valence-electron chi connectivity index (χ4n) is 2.62. The van der Waals surface area contributed by atoms with E-state index >= 15 is 0 Å². The van der Waals surface area contributed by atoms with E-state index in [9.17, 15) is 9.59 Å². The number of amides is 1. The van der Waals surface area contributed by atoms with Gasteiger partial charge >= 0.3 is 13.1 Å². The summed E-state index contributed by atoms with van der Waals surface area (Å²) in [7, 11) is -0.621. The lowest BCUT2D eigenvalue weighted by atomic mass is 9.76. The Labute approximate surface area is 154 Å². The van der Waals surface area contributed by atoms with Crippen molar-refractivity contribution in [3.63, 3.8) is 0 Å². The van der Waals surface area contributed by atoms with E-state index in [-0.39, 0.29) is 18.9 Å². The van der Waals surface area contributed by atoms with Crippen molar-refractivity contribution in [1.29, 1.82) is 0 Å². The molecular weight excluding hydrogens is 333 g/mol. The van der Waals surface area contributed by atoms with Crippen LogP contribution in [0.15, 0.2) is 29.7 Å². The Morgan fingerprint density at radius 3 is 2.27 bits per heavy atom. The Morgan fingerprint density at radius 2 is 1.73 bits per heavy atom. The summed E-state index contributed by atoms with van der Waals surface area (Å²) in [6.07, 6.45) is 1.76. The maximum atomic E-state index is 11.4. The molecule has 0 unspecified atom stereocenters. The summed E-state index contributed by atoms with van der Waals surface area (Å²) in [5.74, 6) is -1.06. The summed E-state index contributed by atoms with van der Waals surface area (Å²) < 4.78 is 12.2. The molecule has 1 aliphatic rings. The Hall–Kier alpha value is -2.12. The first-order valence-corrected chi connectivity index (χ1v) is 8.62. The molecule has 0 spiro atoms. The van der Waals surface area contributed by atoms with Gasteiger partial charge in [0.05, 0.1) is 17.6 Å². The molecule has 1 amide bonds. The number of hydrogen-bond acceptors (Lipinski definition) is 4. The molecule has 1 fully saturated rings. The highest BCUT2D eigenvalue weighted by Crippen LogP contribution is 2.38. The molecule has 1 aliphatic heterocycles. The molecule has 1 aromatic carbocycles. The van der Waals surface area contributed by atoms with Crippen LogP contribution in [0.25, 0.3) is 6.08 Å². The minimum atomic E-state index is -0.898. The first-order valence-electron chi connectivity index (χ1n) is 8.62. The highest BCUT2D eigenvalue weighted by molar-refractivity contribution is 6.56. The van der Waals surface area contributed by atoms with Crippen molar-refractivity contribution in [3.05, 3.63) is 40.9 Å². The van der Waals surface area contributed by atoms with Gasteiger partial charge in [-0.25, -0.2) is 0 Å². The second kappa shape index (κ2) is 7.64. The van der Waals surface area contributed by atoms with Crippen LogP contribution in [0.2, 0.25) is 0 Å². The lowest BCUT2D eigenvalue weighted by Crippen LogP contribution is -2.41. The molecule has 7 heteroatoms. The van der Waals surface area contributed by atoms with E-state index in [1.165, 1.54) is 6.92 Å². The van der Waals surface area contributed by atoms with Gasteiger partial charge in [-0.2, -0.15) is 0 Å². The van der Waals surface area contributed by atoms with Gasteiger partial charge < -0.3 is 19.7 Å². The third-order valence-corrected chi connectivity index (χ3v) is 4.84. The standard InChI is InChI=1S/C19H26BNO5/c1-13(22)21-12-16(20-25-18(2,3)19(4,5)26-20)10-14-8-6-7-9-15(14)11-17(23)24/h6-10H,11-12H2,1-5H3,(H,21,22)(H,23,24). The average Bonchev–Trinajstić information content (AvgIpc) is 2.72. The van der Waals surface area contributed by atoms with Crippen LogP contribution in [-0.2, 0) is 25.3 Å². The molecule has 0 atom stereocenters. The number of benzene rings is 1. The van der Waals surface area contributed by atoms with Crippen LogP contribution in [0, 0.1) is 0 Å². The average molecular weight is 359 g/mol. The monoisotopic (exact) mass is 359 g/mol. The van der Waals surface area contributed by atoms with Crippen LogP contribution < -0.4 is 5.32 Å². The summed E-state index contributed by atoms with van der Waals surface area (Å²) in [4.78, 5) is 22.5. The van der Waals surface area contributed by atoms with Gasteiger partial charge in [-0.15, -0.1) is 0 Å². The maximum Gasteiger partial charge on any atom is 0.492 e. The maximum absolute atomic E-state index is 11.4. The summed E-state index contributed by atoms with van der Waals surface area (Å²) in [5.41, 5.74) is 1.18. The zero-order chi connectivity index (χ0) is 19.5. The summed E-state index contributed by atoms with van der Waals surface area (Å²) in [5, 5.41) is 11.9. The van der Waals surface area contributed by atoms with Crippen LogP contribution in [-0.4, -0.2) is 41.8 Å². The number of carbonyl (C=O) groups excluding carboxylic acids is 1. The summed E-state index contributed by atoms with van der Waals surface area (Å²) >= 11 is 0. The largest absolute Gasteiger partial charge is 0.492 e. The van der Waals surface area contributed by atoms with Gasteiger partial charge in [0.2, 0.25) is 5.91 Å². The van der Waals surface area contributed by atoms with Crippen molar-refractivity contribution in [3.8, 4) is 0 Å².